The standard InChI is InChI=1S/C26H28ClF8NO2/c1-2-17-12-21(9-10-22(17)27)38-20-8-4-7-19(13-20)36(15-23(37)25(30,31)32)14-16-5-3-6-18(11-16)24(28,29)26(33,34)35/h4,7-10,12-13,16,18,23,37H,2-3,5-6,11,14-15H2,1H3. The van der Waals surface area contributed by atoms with Gasteiger partial charge in [0.2, 0.25) is 0 Å². The van der Waals surface area contributed by atoms with Gasteiger partial charge in [-0.3, -0.25) is 0 Å². The fourth-order valence-electron chi connectivity index (χ4n) is 4.69. The van der Waals surface area contributed by atoms with Crippen LogP contribution in [0.25, 0.3) is 0 Å². The molecule has 0 radical (unpaired) electrons. The highest BCUT2D eigenvalue weighted by molar-refractivity contribution is 6.31. The normalized spacial score (nSPS) is 19.8. The van der Waals surface area contributed by atoms with Gasteiger partial charge in [0.25, 0.3) is 0 Å². The molecular formula is C26H28ClF8NO2. The van der Waals surface area contributed by atoms with Crippen molar-refractivity contribution in [2.24, 2.45) is 11.8 Å². The molecule has 1 fully saturated rings. The highest BCUT2D eigenvalue weighted by atomic mass is 35.5. The van der Waals surface area contributed by atoms with Crippen molar-refractivity contribution in [2.45, 2.75) is 63.4 Å². The van der Waals surface area contributed by atoms with E-state index in [1.54, 1.807) is 24.3 Å². The zero-order valence-corrected chi connectivity index (χ0v) is 21.2. The third-order valence-electron chi connectivity index (χ3n) is 6.74. The summed E-state index contributed by atoms with van der Waals surface area (Å²) in [6.45, 7) is 0.725. The Hall–Kier alpha value is -2.27. The number of rotatable bonds is 9. The zero-order chi connectivity index (χ0) is 28.3. The molecule has 2 aromatic carbocycles. The number of aryl methyl sites for hydroxylation is 1. The van der Waals surface area contributed by atoms with Crippen molar-refractivity contribution in [1.82, 2.24) is 0 Å². The number of anilines is 1. The van der Waals surface area contributed by atoms with Crippen molar-refractivity contribution in [3.8, 4) is 11.5 Å². The van der Waals surface area contributed by atoms with Crippen LogP contribution in [-0.2, 0) is 6.42 Å². The molecule has 3 rings (SSSR count). The summed E-state index contributed by atoms with van der Waals surface area (Å²) in [6.07, 6.45) is -13.3. The monoisotopic (exact) mass is 573 g/mol. The lowest BCUT2D eigenvalue weighted by Gasteiger charge is -2.38. The molecule has 12 heteroatoms. The van der Waals surface area contributed by atoms with Crippen LogP contribution in [-0.4, -0.2) is 42.6 Å². The molecule has 0 saturated heterocycles. The number of alkyl halides is 8. The molecule has 1 N–H and O–H groups in total. The molecule has 2 aromatic rings. The molecule has 212 valence electrons. The van der Waals surface area contributed by atoms with Crippen LogP contribution in [0.3, 0.4) is 0 Å². The van der Waals surface area contributed by atoms with Crippen LogP contribution >= 0.6 is 11.6 Å². The van der Waals surface area contributed by atoms with Crippen LogP contribution in [0.5, 0.6) is 11.5 Å². The minimum Gasteiger partial charge on any atom is -0.457 e. The minimum atomic E-state index is -5.71. The van der Waals surface area contributed by atoms with Crippen LogP contribution < -0.4 is 9.64 Å². The second-order valence-electron chi connectivity index (χ2n) is 9.52. The highest BCUT2D eigenvalue weighted by Crippen LogP contribution is 2.48. The smallest absolute Gasteiger partial charge is 0.453 e. The second-order valence-corrected chi connectivity index (χ2v) is 9.93. The third-order valence-corrected chi connectivity index (χ3v) is 7.11. The lowest BCUT2D eigenvalue weighted by Crippen LogP contribution is -2.47. The van der Waals surface area contributed by atoms with E-state index in [9.17, 15) is 40.2 Å². The molecule has 3 unspecified atom stereocenters. The van der Waals surface area contributed by atoms with Gasteiger partial charge >= 0.3 is 18.3 Å². The number of benzene rings is 2. The van der Waals surface area contributed by atoms with E-state index in [1.807, 2.05) is 6.92 Å². The van der Waals surface area contributed by atoms with E-state index in [1.165, 1.54) is 18.2 Å². The molecule has 3 nitrogen and oxygen atoms in total. The molecule has 0 aromatic heterocycles. The molecule has 0 aliphatic heterocycles. The minimum absolute atomic E-state index is 0.0795. The number of ether oxygens (including phenoxy) is 1. The molecule has 38 heavy (non-hydrogen) atoms. The van der Waals surface area contributed by atoms with Gasteiger partial charge in [0.1, 0.15) is 11.5 Å². The Morgan fingerprint density at radius 3 is 2.32 bits per heavy atom. The van der Waals surface area contributed by atoms with Gasteiger partial charge < -0.3 is 14.7 Å². The Morgan fingerprint density at radius 1 is 1.00 bits per heavy atom. The van der Waals surface area contributed by atoms with Crippen molar-refractivity contribution in [3.63, 3.8) is 0 Å². The maximum absolute atomic E-state index is 14.0. The first-order valence-corrected chi connectivity index (χ1v) is 12.5. The van der Waals surface area contributed by atoms with Gasteiger partial charge in [0.15, 0.2) is 6.10 Å². The Kier molecular flexibility index (Phi) is 9.45. The van der Waals surface area contributed by atoms with Crippen LogP contribution in [0.1, 0.15) is 38.2 Å². The van der Waals surface area contributed by atoms with Crippen LogP contribution in [0.2, 0.25) is 5.02 Å². The summed E-state index contributed by atoms with van der Waals surface area (Å²) < 4.78 is 112. The Bertz CT molecular complexity index is 1080. The van der Waals surface area contributed by atoms with Crippen molar-refractivity contribution in [2.75, 3.05) is 18.0 Å². The second kappa shape index (κ2) is 11.9. The van der Waals surface area contributed by atoms with Gasteiger partial charge in [0.05, 0.1) is 6.54 Å². The summed E-state index contributed by atoms with van der Waals surface area (Å²) in [7, 11) is 0. The van der Waals surface area contributed by atoms with Gasteiger partial charge in [-0.15, -0.1) is 0 Å². The first-order chi connectivity index (χ1) is 17.6. The molecule has 3 atom stereocenters. The molecule has 0 amide bonds. The van der Waals surface area contributed by atoms with E-state index >= 15 is 0 Å². The predicted octanol–water partition coefficient (Wildman–Crippen LogP) is 8.43. The summed E-state index contributed by atoms with van der Waals surface area (Å²) in [5.74, 6) is -6.93. The molecule has 0 spiro atoms. The fourth-order valence-corrected chi connectivity index (χ4v) is 4.94. The van der Waals surface area contributed by atoms with Crippen LogP contribution in [0, 0.1) is 11.8 Å². The summed E-state index contributed by atoms with van der Waals surface area (Å²) in [6, 6.07) is 10.9. The van der Waals surface area contributed by atoms with Gasteiger partial charge in [-0.05, 0) is 67.5 Å². The SMILES string of the molecule is CCc1cc(Oc2cccc(N(CC3CCCC(C(F)(F)C(F)(F)F)C3)CC(O)C(F)(F)F)c2)ccc1Cl. The first-order valence-electron chi connectivity index (χ1n) is 12.1. The van der Waals surface area contributed by atoms with Crippen molar-refractivity contribution >= 4 is 17.3 Å². The summed E-state index contributed by atoms with van der Waals surface area (Å²) in [5, 5.41) is 10.3. The number of aliphatic hydroxyl groups excluding tert-OH is 1. The molecular weight excluding hydrogens is 546 g/mol. The van der Waals surface area contributed by atoms with E-state index in [4.69, 9.17) is 16.3 Å². The molecule has 0 heterocycles. The maximum Gasteiger partial charge on any atom is 0.453 e. The van der Waals surface area contributed by atoms with Gasteiger partial charge in [0, 0.05) is 29.2 Å². The predicted molar refractivity (Wildman–Crippen MR) is 128 cm³/mol. The molecule has 1 saturated carbocycles. The summed E-state index contributed by atoms with van der Waals surface area (Å²) in [4.78, 5) is 1.16. The van der Waals surface area contributed by atoms with Crippen LogP contribution in [0.15, 0.2) is 42.5 Å². The van der Waals surface area contributed by atoms with Gasteiger partial charge in [-0.1, -0.05) is 31.0 Å². The number of hydrogen-bond acceptors (Lipinski definition) is 3. The number of nitrogens with zero attached hydrogens (tertiary/aromatic N) is 1. The Labute approximate surface area is 220 Å². The third kappa shape index (κ3) is 7.43. The molecule has 1 aliphatic carbocycles. The lowest BCUT2D eigenvalue weighted by molar-refractivity contribution is -0.306. The van der Waals surface area contributed by atoms with E-state index in [0.29, 0.717) is 17.2 Å². The average Bonchev–Trinajstić information content (AvgIpc) is 2.84. The van der Waals surface area contributed by atoms with E-state index < -0.39 is 49.2 Å². The largest absolute Gasteiger partial charge is 0.457 e. The van der Waals surface area contributed by atoms with E-state index in [2.05, 4.69) is 0 Å². The number of hydrogen-bond donors (Lipinski definition) is 1. The first kappa shape index (κ1) is 30.3. The van der Waals surface area contributed by atoms with E-state index in [-0.39, 0.29) is 37.2 Å². The summed E-state index contributed by atoms with van der Waals surface area (Å²) >= 11 is 6.12. The Morgan fingerprint density at radius 2 is 1.68 bits per heavy atom. The Balaban J connectivity index is 1.84. The number of halogens is 9. The average molecular weight is 574 g/mol. The highest BCUT2D eigenvalue weighted by Gasteiger charge is 2.62. The summed E-state index contributed by atoms with van der Waals surface area (Å²) in [5.41, 5.74) is 1.01. The molecule has 1 aliphatic rings. The topological polar surface area (TPSA) is 32.7 Å². The van der Waals surface area contributed by atoms with E-state index in [0.717, 1.165) is 10.5 Å². The van der Waals surface area contributed by atoms with Crippen molar-refractivity contribution in [3.05, 3.63) is 53.1 Å². The van der Waals surface area contributed by atoms with Crippen LogP contribution in [0.4, 0.5) is 40.8 Å². The lowest BCUT2D eigenvalue weighted by atomic mass is 9.77. The quantitative estimate of drug-likeness (QED) is 0.306. The van der Waals surface area contributed by atoms with Gasteiger partial charge in [-0.25, -0.2) is 0 Å². The maximum atomic E-state index is 14.0. The molecule has 0 bridgehead atoms. The van der Waals surface area contributed by atoms with Crippen molar-refractivity contribution in [1.29, 1.82) is 0 Å². The van der Waals surface area contributed by atoms with Gasteiger partial charge in [-0.2, -0.15) is 35.1 Å². The van der Waals surface area contributed by atoms with Crippen molar-refractivity contribution < 1.29 is 45.0 Å². The zero-order valence-electron chi connectivity index (χ0n) is 20.4. The fraction of sp³-hybridized carbons (Fsp3) is 0.538. The number of aliphatic hydroxyl groups is 1.